The number of hydrogen-bond donors (Lipinski definition) is 1. The first-order valence-corrected chi connectivity index (χ1v) is 11.8. The van der Waals surface area contributed by atoms with Crippen LogP contribution in [-0.4, -0.2) is 30.4 Å². The molecule has 0 radical (unpaired) electrons. The van der Waals surface area contributed by atoms with Crippen molar-refractivity contribution < 1.29 is 24.1 Å². The quantitative estimate of drug-likeness (QED) is 0.465. The molecule has 180 valence electrons. The van der Waals surface area contributed by atoms with Crippen LogP contribution in [0, 0.1) is 20.8 Å². The molecule has 1 aliphatic rings. The van der Waals surface area contributed by atoms with Crippen LogP contribution in [0.5, 0.6) is 17.2 Å². The molecule has 0 aromatic heterocycles. The molecule has 5 nitrogen and oxygen atoms in total. The lowest BCUT2D eigenvalue weighted by atomic mass is 9.65. The Morgan fingerprint density at radius 2 is 1.76 bits per heavy atom. The summed E-state index contributed by atoms with van der Waals surface area (Å²) in [5.74, 6) is 1.57. The molecule has 1 N–H and O–H groups in total. The Hall–Kier alpha value is -3.21. The average molecular weight is 463 g/mol. The normalized spacial score (nSPS) is 19.1. The Bertz CT molecular complexity index is 1280. The van der Waals surface area contributed by atoms with E-state index in [2.05, 4.69) is 6.07 Å². The number of carbonyl (C=O) groups excluding carboxylic acids is 1. The summed E-state index contributed by atoms with van der Waals surface area (Å²) in [7, 11) is 1.65. The highest BCUT2D eigenvalue weighted by Crippen LogP contribution is 2.50. The van der Waals surface area contributed by atoms with Crippen LogP contribution in [0.25, 0.3) is 10.8 Å². The summed E-state index contributed by atoms with van der Waals surface area (Å²) in [6.45, 7) is 11.8. The summed E-state index contributed by atoms with van der Waals surface area (Å²) >= 11 is 0. The molecule has 0 saturated carbocycles. The third-order valence-corrected chi connectivity index (χ3v) is 7.89. The summed E-state index contributed by atoms with van der Waals surface area (Å²) in [4.78, 5) is 13.6. The van der Waals surface area contributed by atoms with E-state index >= 15 is 0 Å². The number of benzene rings is 3. The number of fused-ring (bicyclic) bond motifs is 2. The van der Waals surface area contributed by atoms with Crippen molar-refractivity contribution in [3.63, 3.8) is 0 Å². The zero-order valence-electron chi connectivity index (χ0n) is 21.2. The number of ether oxygens (including phenoxy) is 3. The highest BCUT2D eigenvalue weighted by molar-refractivity contribution is 5.89. The highest BCUT2D eigenvalue weighted by atomic mass is 16.5. The van der Waals surface area contributed by atoms with E-state index < -0.39 is 11.0 Å². The maximum atomic E-state index is 13.6. The van der Waals surface area contributed by atoms with Gasteiger partial charge in [-0.1, -0.05) is 18.2 Å². The summed E-state index contributed by atoms with van der Waals surface area (Å²) in [6, 6.07) is 12.0. The van der Waals surface area contributed by atoms with Crippen LogP contribution >= 0.6 is 0 Å². The van der Waals surface area contributed by atoms with Crippen LogP contribution in [0.4, 0.5) is 0 Å². The van der Waals surface area contributed by atoms with Crippen molar-refractivity contribution in [2.24, 2.45) is 0 Å². The molecule has 1 heterocycles. The molecule has 0 aliphatic carbocycles. The molecule has 34 heavy (non-hydrogen) atoms. The molecule has 5 heteroatoms. The smallest absolute Gasteiger partial charge is 0.320 e. The first-order valence-electron chi connectivity index (χ1n) is 11.8. The molecule has 0 fully saturated rings. The van der Waals surface area contributed by atoms with Gasteiger partial charge in [-0.25, -0.2) is 0 Å². The first-order chi connectivity index (χ1) is 16.1. The van der Waals surface area contributed by atoms with E-state index in [-0.39, 0.29) is 12.6 Å². The Balaban J connectivity index is 1.88. The van der Waals surface area contributed by atoms with Gasteiger partial charge >= 0.3 is 5.97 Å². The largest absolute Gasteiger partial charge is 0.507 e. The Kier molecular flexibility index (Phi) is 6.01. The van der Waals surface area contributed by atoms with Crippen LogP contribution in [0.2, 0.25) is 0 Å². The molecule has 2 atom stereocenters. The minimum atomic E-state index is -1.05. The predicted octanol–water partition coefficient (Wildman–Crippen LogP) is 6.08. The molecule has 4 rings (SSSR count). The van der Waals surface area contributed by atoms with E-state index in [1.54, 1.807) is 7.11 Å². The van der Waals surface area contributed by atoms with Gasteiger partial charge in [-0.3, -0.25) is 4.79 Å². The van der Waals surface area contributed by atoms with E-state index in [4.69, 9.17) is 14.2 Å². The third kappa shape index (κ3) is 3.49. The van der Waals surface area contributed by atoms with Gasteiger partial charge in [0, 0.05) is 5.56 Å². The number of esters is 1. The van der Waals surface area contributed by atoms with Gasteiger partial charge in [-0.15, -0.1) is 0 Å². The molecular weight excluding hydrogens is 428 g/mol. The maximum absolute atomic E-state index is 13.6. The minimum absolute atomic E-state index is 0.289. The monoisotopic (exact) mass is 462 g/mol. The molecule has 3 aromatic carbocycles. The Labute approximate surface area is 201 Å². The van der Waals surface area contributed by atoms with Crippen molar-refractivity contribution in [3.05, 3.63) is 64.2 Å². The Morgan fingerprint density at radius 1 is 1.09 bits per heavy atom. The third-order valence-electron chi connectivity index (χ3n) is 7.89. The van der Waals surface area contributed by atoms with Gasteiger partial charge in [0.2, 0.25) is 0 Å². The topological polar surface area (TPSA) is 65.0 Å². The Morgan fingerprint density at radius 3 is 2.44 bits per heavy atom. The number of aromatic hydroxyl groups is 1. The van der Waals surface area contributed by atoms with Crippen molar-refractivity contribution in [1.29, 1.82) is 0 Å². The van der Waals surface area contributed by atoms with Crippen molar-refractivity contribution >= 4 is 16.7 Å². The van der Waals surface area contributed by atoms with E-state index in [1.807, 2.05) is 71.9 Å². The van der Waals surface area contributed by atoms with Gasteiger partial charge in [-0.2, -0.15) is 0 Å². The number of hydrogen-bond acceptors (Lipinski definition) is 5. The standard InChI is InChI=1S/C29H34O5/c1-8-33-27(31)29(6,22-11-9-21-16-23(32-7)12-10-20(21)15-22)28(5)14-13-24-19(4)25(30)17(2)18(3)26(24)34-28/h9-12,15-16,30H,8,13-14H2,1-7H3. The molecule has 2 unspecified atom stereocenters. The highest BCUT2D eigenvalue weighted by Gasteiger charge is 2.56. The van der Waals surface area contributed by atoms with Crippen LogP contribution in [-0.2, 0) is 21.4 Å². The van der Waals surface area contributed by atoms with Gasteiger partial charge in [0.25, 0.3) is 0 Å². The number of methoxy groups -OCH3 is 1. The van der Waals surface area contributed by atoms with E-state index in [0.717, 1.165) is 50.1 Å². The van der Waals surface area contributed by atoms with Gasteiger partial charge < -0.3 is 19.3 Å². The SMILES string of the molecule is CCOC(=O)C(C)(c1ccc2cc(OC)ccc2c1)C1(C)CCc2c(C)c(O)c(C)c(C)c2O1. The fraction of sp³-hybridized carbons (Fsp3) is 0.414. The second kappa shape index (κ2) is 8.53. The van der Waals surface area contributed by atoms with E-state index in [1.165, 1.54) is 0 Å². The van der Waals surface area contributed by atoms with Gasteiger partial charge in [0.15, 0.2) is 0 Å². The zero-order valence-corrected chi connectivity index (χ0v) is 21.2. The van der Waals surface area contributed by atoms with Crippen molar-refractivity contribution in [3.8, 4) is 17.2 Å². The first kappa shape index (κ1) is 23.9. The number of phenols is 1. The molecule has 0 amide bonds. The summed E-state index contributed by atoms with van der Waals surface area (Å²) in [5, 5.41) is 12.6. The number of phenolic OH excluding ortho intramolecular Hbond substituents is 1. The van der Waals surface area contributed by atoms with Crippen LogP contribution in [0.15, 0.2) is 36.4 Å². The second-order valence-corrected chi connectivity index (χ2v) is 9.64. The van der Waals surface area contributed by atoms with E-state index in [0.29, 0.717) is 18.6 Å². The average Bonchev–Trinajstić information content (AvgIpc) is 2.84. The van der Waals surface area contributed by atoms with Crippen LogP contribution < -0.4 is 9.47 Å². The lowest BCUT2D eigenvalue weighted by Gasteiger charge is -2.48. The van der Waals surface area contributed by atoms with Gasteiger partial charge in [-0.05, 0) is 106 Å². The fourth-order valence-electron chi connectivity index (χ4n) is 5.18. The fourth-order valence-corrected chi connectivity index (χ4v) is 5.18. The van der Waals surface area contributed by atoms with Crippen molar-refractivity contribution in [2.75, 3.05) is 13.7 Å². The minimum Gasteiger partial charge on any atom is -0.507 e. The van der Waals surface area contributed by atoms with Crippen molar-refractivity contribution in [1.82, 2.24) is 0 Å². The van der Waals surface area contributed by atoms with Crippen LogP contribution in [0.1, 0.15) is 55.0 Å². The zero-order chi connectivity index (χ0) is 24.8. The van der Waals surface area contributed by atoms with E-state index in [9.17, 15) is 9.90 Å². The lowest BCUT2D eigenvalue weighted by molar-refractivity contribution is -0.159. The van der Waals surface area contributed by atoms with Gasteiger partial charge in [0.1, 0.15) is 28.3 Å². The summed E-state index contributed by atoms with van der Waals surface area (Å²) in [5.41, 5.74) is 2.50. The molecule has 0 spiro atoms. The summed E-state index contributed by atoms with van der Waals surface area (Å²) in [6.07, 6.45) is 1.31. The number of rotatable bonds is 5. The summed E-state index contributed by atoms with van der Waals surface area (Å²) < 4.78 is 17.8. The number of carbonyl (C=O) groups is 1. The molecular formula is C29H34O5. The molecule has 0 bridgehead atoms. The van der Waals surface area contributed by atoms with Crippen LogP contribution in [0.3, 0.4) is 0 Å². The van der Waals surface area contributed by atoms with Gasteiger partial charge in [0.05, 0.1) is 13.7 Å². The molecule has 1 aliphatic heterocycles. The lowest BCUT2D eigenvalue weighted by Crippen LogP contribution is -2.58. The predicted molar refractivity (Wildman–Crippen MR) is 134 cm³/mol. The maximum Gasteiger partial charge on any atom is 0.320 e. The molecule has 0 saturated heterocycles. The molecule has 3 aromatic rings. The second-order valence-electron chi connectivity index (χ2n) is 9.64. The van der Waals surface area contributed by atoms with Crippen molar-refractivity contribution in [2.45, 2.75) is 65.4 Å².